The van der Waals surface area contributed by atoms with Gasteiger partial charge in [-0.2, -0.15) is 0 Å². The van der Waals surface area contributed by atoms with Crippen LogP contribution in [-0.2, 0) is 6.42 Å². The molecule has 0 saturated carbocycles. The molecule has 2 aromatic rings. The molecule has 96 valence electrons. The first kappa shape index (κ1) is 12.8. The van der Waals surface area contributed by atoms with Crippen LogP contribution >= 0.6 is 11.3 Å². The number of hydrogen-bond donors (Lipinski definition) is 1. The summed E-state index contributed by atoms with van der Waals surface area (Å²) in [6.45, 7) is 6.14. The normalized spacial score (nSPS) is 10.6. The van der Waals surface area contributed by atoms with Crippen molar-refractivity contribution in [3.63, 3.8) is 0 Å². The molecule has 0 aliphatic carbocycles. The molecule has 0 spiro atoms. The Morgan fingerprint density at radius 3 is 2.78 bits per heavy atom. The summed E-state index contributed by atoms with van der Waals surface area (Å²) in [5.74, 6) is 0.708. The lowest BCUT2D eigenvalue weighted by atomic mass is 10.3. The molecule has 18 heavy (non-hydrogen) atoms. The van der Waals surface area contributed by atoms with Crippen LogP contribution in [0, 0.1) is 20.8 Å². The Morgan fingerprint density at radius 2 is 2.22 bits per heavy atom. The second kappa shape index (κ2) is 5.30. The Labute approximate surface area is 109 Å². The summed E-state index contributed by atoms with van der Waals surface area (Å²) in [4.78, 5) is 16.8. The molecule has 0 aromatic carbocycles. The molecule has 0 radical (unpaired) electrons. The lowest BCUT2D eigenvalue weighted by Crippen LogP contribution is -2.25. The minimum absolute atomic E-state index is 0.0747. The van der Waals surface area contributed by atoms with E-state index in [4.69, 9.17) is 4.52 Å². The average molecular weight is 265 g/mol. The van der Waals surface area contributed by atoms with Crippen LogP contribution in [0.25, 0.3) is 0 Å². The molecule has 2 heterocycles. The highest BCUT2D eigenvalue weighted by atomic mass is 32.1. The number of thiazole rings is 1. The van der Waals surface area contributed by atoms with E-state index in [0.29, 0.717) is 17.8 Å². The lowest BCUT2D eigenvalue weighted by Gasteiger charge is -2.01. The molecule has 6 heteroatoms. The Morgan fingerprint density at radius 1 is 1.44 bits per heavy atom. The molecule has 2 aromatic heterocycles. The number of amides is 1. The van der Waals surface area contributed by atoms with Crippen LogP contribution in [0.15, 0.2) is 10.6 Å². The summed E-state index contributed by atoms with van der Waals surface area (Å²) in [7, 11) is 0. The van der Waals surface area contributed by atoms with Crippen LogP contribution in [-0.4, -0.2) is 22.6 Å². The highest BCUT2D eigenvalue weighted by Gasteiger charge is 2.13. The summed E-state index contributed by atoms with van der Waals surface area (Å²) in [6.07, 6.45) is 0.642. The number of nitrogens with zero attached hydrogens (tertiary/aromatic N) is 2. The second-order valence-corrected chi connectivity index (χ2v) is 5.29. The zero-order valence-corrected chi connectivity index (χ0v) is 11.4. The molecular weight excluding hydrogens is 250 g/mol. The smallest absolute Gasteiger partial charge is 0.263 e. The van der Waals surface area contributed by atoms with Gasteiger partial charge in [0.2, 0.25) is 0 Å². The highest BCUT2D eigenvalue weighted by molar-refractivity contribution is 7.13. The molecule has 0 fully saturated rings. The third-order valence-electron chi connectivity index (χ3n) is 2.44. The molecule has 1 amide bonds. The predicted octanol–water partition coefficient (Wildman–Crippen LogP) is 2.03. The third-order valence-corrected chi connectivity index (χ3v) is 3.52. The molecule has 0 aliphatic rings. The maximum absolute atomic E-state index is 11.9. The van der Waals surface area contributed by atoms with Crippen LogP contribution in [0.3, 0.4) is 0 Å². The molecule has 5 nitrogen and oxygen atoms in total. The second-order valence-electron chi connectivity index (χ2n) is 4.09. The van der Waals surface area contributed by atoms with Gasteiger partial charge in [0.25, 0.3) is 5.91 Å². The van der Waals surface area contributed by atoms with Crippen molar-refractivity contribution < 1.29 is 9.32 Å². The van der Waals surface area contributed by atoms with E-state index in [1.54, 1.807) is 0 Å². The minimum Gasteiger partial charge on any atom is -0.361 e. The molecule has 0 bridgehead atoms. The van der Waals surface area contributed by atoms with Gasteiger partial charge < -0.3 is 9.84 Å². The van der Waals surface area contributed by atoms with Crippen molar-refractivity contribution in [1.82, 2.24) is 15.5 Å². The zero-order chi connectivity index (χ0) is 13.1. The Balaban J connectivity index is 1.87. The van der Waals surface area contributed by atoms with E-state index in [-0.39, 0.29) is 5.91 Å². The maximum Gasteiger partial charge on any atom is 0.263 e. The van der Waals surface area contributed by atoms with Crippen molar-refractivity contribution >= 4 is 17.2 Å². The molecule has 2 rings (SSSR count). The van der Waals surface area contributed by atoms with Gasteiger partial charge in [0.05, 0.1) is 16.4 Å². The minimum atomic E-state index is -0.0747. The molecular formula is C12H15N3O2S. The molecule has 0 saturated heterocycles. The van der Waals surface area contributed by atoms with E-state index in [0.717, 1.165) is 22.2 Å². The summed E-state index contributed by atoms with van der Waals surface area (Å²) < 4.78 is 5.07. The fourth-order valence-corrected chi connectivity index (χ4v) is 2.49. The zero-order valence-electron chi connectivity index (χ0n) is 10.6. The molecule has 0 aliphatic heterocycles. The molecule has 0 unspecified atom stereocenters. The Kier molecular flexibility index (Phi) is 3.76. The first-order valence-electron chi connectivity index (χ1n) is 5.70. The fraction of sp³-hybridized carbons (Fsp3) is 0.417. The Bertz CT molecular complexity index is 559. The maximum atomic E-state index is 11.9. The summed E-state index contributed by atoms with van der Waals surface area (Å²) in [5.41, 5.74) is 1.63. The SMILES string of the molecule is Cc1cc(CCNC(=O)c2sc(C)nc2C)on1. The van der Waals surface area contributed by atoms with Gasteiger partial charge in [-0.15, -0.1) is 11.3 Å². The van der Waals surface area contributed by atoms with Gasteiger partial charge in [0, 0.05) is 19.0 Å². The van der Waals surface area contributed by atoms with E-state index in [9.17, 15) is 4.79 Å². The fourth-order valence-electron chi connectivity index (χ4n) is 1.66. The number of nitrogens with one attached hydrogen (secondary N) is 1. The average Bonchev–Trinajstić information content (AvgIpc) is 2.85. The highest BCUT2D eigenvalue weighted by Crippen LogP contribution is 2.16. The van der Waals surface area contributed by atoms with Crippen molar-refractivity contribution in [2.75, 3.05) is 6.54 Å². The quantitative estimate of drug-likeness (QED) is 0.918. The summed E-state index contributed by atoms with van der Waals surface area (Å²) in [6, 6.07) is 1.87. The van der Waals surface area contributed by atoms with Gasteiger partial charge in [0.1, 0.15) is 10.6 Å². The predicted molar refractivity (Wildman–Crippen MR) is 68.9 cm³/mol. The number of aryl methyl sites for hydroxylation is 3. The largest absolute Gasteiger partial charge is 0.361 e. The van der Waals surface area contributed by atoms with E-state index in [1.807, 2.05) is 26.8 Å². The van der Waals surface area contributed by atoms with Gasteiger partial charge >= 0.3 is 0 Å². The summed E-state index contributed by atoms with van der Waals surface area (Å²) in [5, 5.41) is 7.55. The number of rotatable bonds is 4. The summed E-state index contributed by atoms with van der Waals surface area (Å²) >= 11 is 1.41. The van der Waals surface area contributed by atoms with Crippen LogP contribution in [0.4, 0.5) is 0 Å². The van der Waals surface area contributed by atoms with Crippen LogP contribution in [0.2, 0.25) is 0 Å². The van der Waals surface area contributed by atoms with E-state index < -0.39 is 0 Å². The van der Waals surface area contributed by atoms with Gasteiger partial charge in [-0.3, -0.25) is 4.79 Å². The monoisotopic (exact) mass is 265 g/mol. The number of carbonyl (C=O) groups excluding carboxylic acids is 1. The van der Waals surface area contributed by atoms with Crippen molar-refractivity contribution in [2.24, 2.45) is 0 Å². The van der Waals surface area contributed by atoms with Gasteiger partial charge in [-0.25, -0.2) is 4.98 Å². The number of carbonyl (C=O) groups is 1. The van der Waals surface area contributed by atoms with Crippen LogP contribution < -0.4 is 5.32 Å². The number of hydrogen-bond acceptors (Lipinski definition) is 5. The van der Waals surface area contributed by atoms with Crippen molar-refractivity contribution in [3.05, 3.63) is 33.1 Å². The first-order valence-corrected chi connectivity index (χ1v) is 6.52. The first-order chi connectivity index (χ1) is 8.56. The molecule has 0 atom stereocenters. The van der Waals surface area contributed by atoms with Crippen LogP contribution in [0.5, 0.6) is 0 Å². The van der Waals surface area contributed by atoms with Gasteiger partial charge in [-0.1, -0.05) is 5.16 Å². The van der Waals surface area contributed by atoms with E-state index in [2.05, 4.69) is 15.5 Å². The number of aromatic nitrogens is 2. The van der Waals surface area contributed by atoms with Crippen LogP contribution in [0.1, 0.15) is 31.8 Å². The standard InChI is InChI=1S/C12H15N3O2S/c1-7-6-10(17-15-7)4-5-13-12(16)11-8(2)14-9(3)18-11/h6H,4-5H2,1-3H3,(H,13,16). The molecule has 1 N–H and O–H groups in total. The topological polar surface area (TPSA) is 68.0 Å². The lowest BCUT2D eigenvalue weighted by molar-refractivity contribution is 0.0957. The van der Waals surface area contributed by atoms with Gasteiger partial charge in [-0.05, 0) is 20.8 Å². The van der Waals surface area contributed by atoms with Gasteiger partial charge in [0.15, 0.2) is 0 Å². The Hall–Kier alpha value is -1.69. The van der Waals surface area contributed by atoms with E-state index >= 15 is 0 Å². The van der Waals surface area contributed by atoms with Crippen molar-refractivity contribution in [2.45, 2.75) is 27.2 Å². The van der Waals surface area contributed by atoms with E-state index in [1.165, 1.54) is 11.3 Å². The third kappa shape index (κ3) is 2.95. The van der Waals surface area contributed by atoms with Crippen molar-refractivity contribution in [3.8, 4) is 0 Å². The van der Waals surface area contributed by atoms with Crippen molar-refractivity contribution in [1.29, 1.82) is 0 Å².